The van der Waals surface area contributed by atoms with Gasteiger partial charge in [-0.25, -0.2) is 4.79 Å². The Hall–Kier alpha value is -3.78. The number of nitrogens with zero attached hydrogens (tertiary/aromatic N) is 3. The molecule has 0 aliphatic carbocycles. The normalized spacial score (nSPS) is 11.7. The molecular formula is C28H31N5O2S. The van der Waals surface area contributed by atoms with Crippen LogP contribution in [0.15, 0.2) is 71.9 Å². The SMILES string of the molecule is COc1cccc(CSc2nnc(C(C)NC(=O)Nc3ccc(C)cc3C)n2-c2ccc(C)cc2)c1. The molecule has 1 heterocycles. The number of amides is 2. The number of carbonyl (C=O) groups is 1. The molecule has 186 valence electrons. The fourth-order valence-electron chi connectivity index (χ4n) is 3.88. The predicted octanol–water partition coefficient (Wildman–Crippen LogP) is 6.38. The molecule has 1 aromatic heterocycles. The van der Waals surface area contributed by atoms with Gasteiger partial charge in [0.25, 0.3) is 0 Å². The highest BCUT2D eigenvalue weighted by Gasteiger charge is 2.21. The first-order valence-corrected chi connectivity index (χ1v) is 12.8. The minimum absolute atomic E-state index is 0.293. The average molecular weight is 502 g/mol. The third-order valence-electron chi connectivity index (χ3n) is 5.82. The van der Waals surface area contributed by atoms with Crippen molar-refractivity contribution in [3.8, 4) is 11.4 Å². The van der Waals surface area contributed by atoms with Crippen molar-refractivity contribution in [2.75, 3.05) is 12.4 Å². The van der Waals surface area contributed by atoms with Gasteiger partial charge in [0.2, 0.25) is 0 Å². The van der Waals surface area contributed by atoms with Gasteiger partial charge in [0.05, 0.1) is 13.2 Å². The molecule has 2 N–H and O–H groups in total. The summed E-state index contributed by atoms with van der Waals surface area (Å²) < 4.78 is 7.36. The number of methoxy groups -OCH3 is 1. The lowest BCUT2D eigenvalue weighted by molar-refractivity contribution is 0.248. The van der Waals surface area contributed by atoms with Gasteiger partial charge in [-0.3, -0.25) is 4.57 Å². The predicted molar refractivity (Wildman–Crippen MR) is 145 cm³/mol. The van der Waals surface area contributed by atoms with Crippen molar-refractivity contribution >= 4 is 23.5 Å². The van der Waals surface area contributed by atoms with E-state index in [9.17, 15) is 4.79 Å². The molecule has 8 heteroatoms. The van der Waals surface area contributed by atoms with Crippen LogP contribution in [0.4, 0.5) is 10.5 Å². The molecule has 4 aromatic rings. The Labute approximate surface area is 216 Å². The monoisotopic (exact) mass is 501 g/mol. The second kappa shape index (κ2) is 11.3. The standard InChI is InChI=1S/C28H31N5O2S/c1-18-9-12-23(13-10-18)33-26(21(4)29-27(34)30-25-14-11-19(2)15-20(25)3)31-32-28(33)36-17-22-7-6-8-24(16-22)35-5/h6-16,21H,17H2,1-5H3,(H2,29,30,34). The van der Waals surface area contributed by atoms with Gasteiger partial charge in [0.15, 0.2) is 11.0 Å². The number of aromatic nitrogens is 3. The Kier molecular flexibility index (Phi) is 7.95. The molecule has 7 nitrogen and oxygen atoms in total. The lowest BCUT2D eigenvalue weighted by Crippen LogP contribution is -2.32. The zero-order chi connectivity index (χ0) is 25.7. The average Bonchev–Trinajstić information content (AvgIpc) is 3.29. The highest BCUT2D eigenvalue weighted by Crippen LogP contribution is 2.29. The number of hydrogen-bond acceptors (Lipinski definition) is 5. The van der Waals surface area contributed by atoms with E-state index in [0.29, 0.717) is 11.6 Å². The van der Waals surface area contributed by atoms with E-state index in [0.717, 1.165) is 44.5 Å². The van der Waals surface area contributed by atoms with Gasteiger partial charge >= 0.3 is 6.03 Å². The quantitative estimate of drug-likeness (QED) is 0.274. The number of anilines is 1. The summed E-state index contributed by atoms with van der Waals surface area (Å²) in [5.41, 5.74) is 6.17. The number of thioether (sulfide) groups is 1. The largest absolute Gasteiger partial charge is 0.497 e. The lowest BCUT2D eigenvalue weighted by Gasteiger charge is -2.17. The van der Waals surface area contributed by atoms with E-state index < -0.39 is 0 Å². The molecule has 0 spiro atoms. The lowest BCUT2D eigenvalue weighted by atomic mass is 10.1. The van der Waals surface area contributed by atoms with E-state index >= 15 is 0 Å². The first-order chi connectivity index (χ1) is 17.3. The van der Waals surface area contributed by atoms with Gasteiger partial charge in [-0.1, -0.05) is 59.3 Å². The number of urea groups is 1. The van der Waals surface area contributed by atoms with E-state index in [1.165, 1.54) is 0 Å². The third-order valence-corrected chi connectivity index (χ3v) is 6.82. The molecule has 0 aliphatic rings. The first kappa shape index (κ1) is 25.3. The highest BCUT2D eigenvalue weighted by atomic mass is 32.2. The second-order valence-corrected chi connectivity index (χ2v) is 9.73. The minimum atomic E-state index is -0.379. The Morgan fingerprint density at radius 2 is 1.75 bits per heavy atom. The van der Waals surface area contributed by atoms with Gasteiger partial charge in [0.1, 0.15) is 5.75 Å². The summed E-state index contributed by atoms with van der Waals surface area (Å²) in [6, 6.07) is 21.4. The minimum Gasteiger partial charge on any atom is -0.497 e. The summed E-state index contributed by atoms with van der Waals surface area (Å²) in [4.78, 5) is 12.8. The van der Waals surface area contributed by atoms with Crippen LogP contribution in [0.25, 0.3) is 5.69 Å². The Morgan fingerprint density at radius 3 is 2.47 bits per heavy atom. The molecule has 36 heavy (non-hydrogen) atoms. The van der Waals surface area contributed by atoms with E-state index in [-0.39, 0.29) is 12.1 Å². The van der Waals surface area contributed by atoms with Crippen LogP contribution in [0.3, 0.4) is 0 Å². The zero-order valence-corrected chi connectivity index (χ0v) is 22.0. The van der Waals surface area contributed by atoms with Gasteiger partial charge in [-0.15, -0.1) is 10.2 Å². The molecule has 0 radical (unpaired) electrons. The van der Waals surface area contributed by atoms with Crippen LogP contribution < -0.4 is 15.4 Å². The fourth-order valence-corrected chi connectivity index (χ4v) is 4.78. The summed E-state index contributed by atoms with van der Waals surface area (Å²) in [5.74, 6) is 2.18. The van der Waals surface area contributed by atoms with Crippen molar-refractivity contribution in [3.63, 3.8) is 0 Å². The van der Waals surface area contributed by atoms with Crippen molar-refractivity contribution in [2.45, 2.75) is 44.6 Å². The number of carbonyl (C=O) groups excluding carboxylic acids is 1. The van der Waals surface area contributed by atoms with Crippen molar-refractivity contribution in [2.24, 2.45) is 0 Å². The van der Waals surface area contributed by atoms with Crippen LogP contribution in [-0.4, -0.2) is 27.9 Å². The number of aryl methyl sites for hydroxylation is 3. The number of nitrogens with one attached hydrogen (secondary N) is 2. The Bertz CT molecular complexity index is 1350. The maximum atomic E-state index is 12.8. The van der Waals surface area contributed by atoms with E-state index in [1.54, 1.807) is 18.9 Å². The molecule has 0 bridgehead atoms. The number of ether oxygens (including phenoxy) is 1. The van der Waals surface area contributed by atoms with Crippen LogP contribution >= 0.6 is 11.8 Å². The van der Waals surface area contributed by atoms with Crippen molar-refractivity contribution in [1.29, 1.82) is 0 Å². The maximum Gasteiger partial charge on any atom is 0.319 e. The zero-order valence-electron chi connectivity index (χ0n) is 21.2. The van der Waals surface area contributed by atoms with Crippen LogP contribution in [0.5, 0.6) is 5.75 Å². The van der Waals surface area contributed by atoms with E-state index in [1.807, 2.05) is 73.9 Å². The van der Waals surface area contributed by atoms with Gasteiger partial charge in [-0.2, -0.15) is 0 Å². The molecule has 4 rings (SSSR count). The summed E-state index contributed by atoms with van der Waals surface area (Å²) in [5, 5.41) is 15.7. The van der Waals surface area contributed by atoms with Crippen LogP contribution in [0.1, 0.15) is 41.0 Å². The molecule has 1 unspecified atom stereocenters. The number of rotatable bonds is 8. The fraction of sp³-hybridized carbons (Fsp3) is 0.250. The van der Waals surface area contributed by atoms with Gasteiger partial charge < -0.3 is 15.4 Å². The molecule has 0 aliphatic heterocycles. The van der Waals surface area contributed by atoms with E-state index in [4.69, 9.17) is 4.74 Å². The molecule has 2 amide bonds. The second-order valence-electron chi connectivity index (χ2n) is 8.79. The van der Waals surface area contributed by atoms with Crippen molar-refractivity contribution < 1.29 is 9.53 Å². The summed E-state index contributed by atoms with van der Waals surface area (Å²) in [6.45, 7) is 7.97. The highest BCUT2D eigenvalue weighted by molar-refractivity contribution is 7.98. The number of hydrogen-bond donors (Lipinski definition) is 2. The third kappa shape index (κ3) is 6.07. The van der Waals surface area contributed by atoms with Gasteiger partial charge in [0, 0.05) is 17.1 Å². The maximum absolute atomic E-state index is 12.8. The molecule has 1 atom stereocenters. The van der Waals surface area contributed by atoms with Crippen molar-refractivity contribution in [1.82, 2.24) is 20.1 Å². The smallest absolute Gasteiger partial charge is 0.319 e. The van der Waals surface area contributed by atoms with E-state index in [2.05, 4.69) is 46.0 Å². The Balaban J connectivity index is 1.56. The molecular weight excluding hydrogens is 470 g/mol. The summed E-state index contributed by atoms with van der Waals surface area (Å²) >= 11 is 1.59. The molecule has 3 aromatic carbocycles. The summed E-state index contributed by atoms with van der Waals surface area (Å²) in [6.07, 6.45) is 0. The van der Waals surface area contributed by atoms with Gasteiger partial charge in [-0.05, 0) is 69.2 Å². The van der Waals surface area contributed by atoms with Crippen LogP contribution in [0, 0.1) is 20.8 Å². The molecule has 0 saturated carbocycles. The Morgan fingerprint density at radius 1 is 1.00 bits per heavy atom. The molecule has 0 saturated heterocycles. The first-order valence-electron chi connectivity index (χ1n) is 11.8. The molecule has 0 fully saturated rings. The van der Waals surface area contributed by atoms with Crippen LogP contribution in [0.2, 0.25) is 0 Å². The summed E-state index contributed by atoms with van der Waals surface area (Å²) in [7, 11) is 1.66. The topological polar surface area (TPSA) is 81.1 Å². The van der Waals surface area contributed by atoms with Crippen LogP contribution in [-0.2, 0) is 5.75 Å². The van der Waals surface area contributed by atoms with Crippen molar-refractivity contribution in [3.05, 3.63) is 94.8 Å². The number of benzene rings is 3.